The number of likely N-dealkylation sites (tertiary alicyclic amines) is 1. The zero-order valence-corrected chi connectivity index (χ0v) is 11.8. The average molecular weight is 300 g/mol. The van der Waals surface area contributed by atoms with Gasteiger partial charge < -0.3 is 10.0 Å². The zero-order chi connectivity index (χ0) is 14.9. The van der Waals surface area contributed by atoms with E-state index in [9.17, 15) is 14.0 Å². The van der Waals surface area contributed by atoms with Gasteiger partial charge in [0, 0.05) is 13.1 Å². The van der Waals surface area contributed by atoms with Crippen molar-refractivity contribution < 1.29 is 19.1 Å². The summed E-state index contributed by atoms with van der Waals surface area (Å²) in [5.41, 5.74) is -0.889. The van der Waals surface area contributed by atoms with E-state index in [0.717, 1.165) is 0 Å². The molecule has 1 heterocycles. The molecule has 6 heteroatoms. The predicted molar refractivity (Wildman–Crippen MR) is 72.3 cm³/mol. The van der Waals surface area contributed by atoms with Crippen LogP contribution in [0.4, 0.5) is 4.39 Å². The van der Waals surface area contributed by atoms with Gasteiger partial charge in [0.05, 0.1) is 16.0 Å². The first-order valence-corrected chi connectivity index (χ1v) is 6.69. The van der Waals surface area contributed by atoms with Gasteiger partial charge in [-0.1, -0.05) is 17.7 Å². The molecule has 0 saturated carbocycles. The Morgan fingerprint density at radius 1 is 1.35 bits per heavy atom. The molecule has 1 aliphatic rings. The molecule has 0 radical (unpaired) electrons. The van der Waals surface area contributed by atoms with E-state index >= 15 is 0 Å². The molecule has 1 aromatic rings. The number of amides is 1. The molecule has 4 nitrogen and oxygen atoms in total. The van der Waals surface area contributed by atoms with Crippen LogP contribution < -0.4 is 0 Å². The van der Waals surface area contributed by atoms with Gasteiger partial charge in [-0.15, -0.1) is 0 Å². The maximum atomic E-state index is 13.8. The van der Waals surface area contributed by atoms with Crippen molar-refractivity contribution in [3.05, 3.63) is 34.6 Å². The van der Waals surface area contributed by atoms with Crippen LogP contribution in [0.15, 0.2) is 18.2 Å². The van der Waals surface area contributed by atoms with Crippen molar-refractivity contribution in [2.75, 3.05) is 13.1 Å². The van der Waals surface area contributed by atoms with Crippen molar-refractivity contribution >= 4 is 23.5 Å². The molecule has 1 aromatic carbocycles. The third kappa shape index (κ3) is 2.63. The Morgan fingerprint density at radius 3 is 2.50 bits per heavy atom. The first-order chi connectivity index (χ1) is 9.35. The van der Waals surface area contributed by atoms with Crippen LogP contribution in [-0.2, 0) is 4.79 Å². The summed E-state index contributed by atoms with van der Waals surface area (Å²) in [5, 5.41) is 9.04. The summed E-state index contributed by atoms with van der Waals surface area (Å²) in [6.45, 7) is 2.26. The van der Waals surface area contributed by atoms with Crippen LogP contribution in [0.5, 0.6) is 0 Å². The van der Waals surface area contributed by atoms with E-state index in [1.165, 1.54) is 23.1 Å². The molecule has 1 amide bonds. The van der Waals surface area contributed by atoms with E-state index in [4.69, 9.17) is 16.7 Å². The standard InChI is InChI=1S/C14H15ClFNO3/c1-14(13(19)20)5-7-17(8-6-14)12(18)9-3-2-4-10(15)11(9)16/h2-4H,5-8H2,1H3,(H,19,20). The minimum Gasteiger partial charge on any atom is -0.481 e. The second-order valence-corrected chi connectivity index (χ2v) is 5.67. The smallest absolute Gasteiger partial charge is 0.309 e. The highest BCUT2D eigenvalue weighted by Crippen LogP contribution is 2.32. The van der Waals surface area contributed by atoms with E-state index in [1.54, 1.807) is 6.92 Å². The fourth-order valence-electron chi connectivity index (χ4n) is 2.26. The van der Waals surface area contributed by atoms with Crippen LogP contribution in [-0.4, -0.2) is 35.0 Å². The lowest BCUT2D eigenvalue weighted by atomic mass is 9.80. The number of carboxylic acids is 1. The third-order valence-electron chi connectivity index (χ3n) is 3.85. The van der Waals surface area contributed by atoms with Gasteiger partial charge in [-0.2, -0.15) is 0 Å². The highest BCUT2D eigenvalue weighted by atomic mass is 35.5. The minimum absolute atomic E-state index is 0.0728. The molecule has 1 fully saturated rings. The number of nitrogens with zero attached hydrogens (tertiary/aromatic N) is 1. The lowest BCUT2D eigenvalue weighted by Gasteiger charge is -2.36. The molecule has 108 valence electrons. The average Bonchev–Trinajstić information content (AvgIpc) is 2.42. The van der Waals surface area contributed by atoms with Gasteiger partial charge in [0.2, 0.25) is 0 Å². The van der Waals surface area contributed by atoms with E-state index in [1.807, 2.05) is 0 Å². The first kappa shape index (κ1) is 14.8. The van der Waals surface area contributed by atoms with Crippen LogP contribution in [0.1, 0.15) is 30.1 Å². The highest BCUT2D eigenvalue weighted by Gasteiger charge is 2.38. The maximum Gasteiger partial charge on any atom is 0.309 e. The largest absolute Gasteiger partial charge is 0.481 e. The Hall–Kier alpha value is -1.62. The molecule has 1 N–H and O–H groups in total. The van der Waals surface area contributed by atoms with Crippen molar-refractivity contribution in [2.24, 2.45) is 5.41 Å². The monoisotopic (exact) mass is 299 g/mol. The SMILES string of the molecule is CC1(C(=O)O)CCN(C(=O)c2cccc(Cl)c2F)CC1. The zero-order valence-electron chi connectivity index (χ0n) is 11.0. The van der Waals surface area contributed by atoms with Gasteiger partial charge in [0.25, 0.3) is 5.91 Å². The van der Waals surface area contributed by atoms with E-state index in [2.05, 4.69) is 0 Å². The lowest BCUT2D eigenvalue weighted by Crippen LogP contribution is -2.45. The van der Waals surface area contributed by atoms with E-state index < -0.39 is 23.1 Å². The van der Waals surface area contributed by atoms with Crippen LogP contribution in [0.3, 0.4) is 0 Å². The summed E-state index contributed by atoms with van der Waals surface area (Å²) in [4.78, 5) is 24.8. The Labute approximate surface area is 121 Å². The summed E-state index contributed by atoms with van der Waals surface area (Å²) in [6.07, 6.45) is 0.715. The molecular formula is C14H15ClFNO3. The summed E-state index contributed by atoms with van der Waals surface area (Å²) in [7, 11) is 0. The number of carbonyl (C=O) groups excluding carboxylic acids is 1. The normalized spacial score (nSPS) is 17.9. The summed E-state index contributed by atoms with van der Waals surface area (Å²) in [5.74, 6) is -2.04. The quantitative estimate of drug-likeness (QED) is 0.913. The van der Waals surface area contributed by atoms with Gasteiger partial charge in [-0.3, -0.25) is 9.59 Å². The second kappa shape index (κ2) is 5.40. The molecular weight excluding hydrogens is 285 g/mol. The van der Waals surface area contributed by atoms with E-state index in [-0.39, 0.29) is 10.6 Å². The van der Waals surface area contributed by atoms with Gasteiger partial charge in [-0.05, 0) is 31.9 Å². The van der Waals surface area contributed by atoms with Crippen LogP contribution in [0, 0.1) is 11.2 Å². The molecule has 0 aliphatic carbocycles. The number of benzene rings is 1. The molecule has 0 aromatic heterocycles. The maximum absolute atomic E-state index is 13.8. The fourth-order valence-corrected chi connectivity index (χ4v) is 2.43. The van der Waals surface area contributed by atoms with Crippen molar-refractivity contribution in [1.82, 2.24) is 4.90 Å². The molecule has 1 aliphatic heterocycles. The molecule has 0 bridgehead atoms. The van der Waals surface area contributed by atoms with E-state index in [0.29, 0.717) is 25.9 Å². The molecule has 0 spiro atoms. The van der Waals surface area contributed by atoms with Crippen LogP contribution in [0.25, 0.3) is 0 Å². The Bertz CT molecular complexity index is 553. The predicted octanol–water partition coefficient (Wildman–Crippen LogP) is 2.81. The van der Waals surface area contributed by atoms with Crippen LogP contribution in [0.2, 0.25) is 5.02 Å². The van der Waals surface area contributed by atoms with Crippen molar-refractivity contribution in [3.63, 3.8) is 0 Å². The molecule has 2 rings (SSSR count). The number of carbonyl (C=O) groups is 2. The first-order valence-electron chi connectivity index (χ1n) is 6.32. The Morgan fingerprint density at radius 2 is 1.95 bits per heavy atom. The number of rotatable bonds is 2. The summed E-state index contributed by atoms with van der Waals surface area (Å²) < 4.78 is 13.8. The van der Waals surface area contributed by atoms with Gasteiger partial charge in [-0.25, -0.2) is 4.39 Å². The number of hydrogen-bond donors (Lipinski definition) is 1. The molecule has 0 unspecified atom stereocenters. The molecule has 1 saturated heterocycles. The van der Waals surface area contributed by atoms with Gasteiger partial charge in [0.15, 0.2) is 5.82 Å². The molecule has 20 heavy (non-hydrogen) atoms. The Kier molecular flexibility index (Phi) is 3.99. The number of halogens is 2. The number of carboxylic acid groups (broad SMARTS) is 1. The van der Waals surface area contributed by atoms with Gasteiger partial charge >= 0.3 is 5.97 Å². The fraction of sp³-hybridized carbons (Fsp3) is 0.429. The highest BCUT2D eigenvalue weighted by molar-refractivity contribution is 6.31. The third-order valence-corrected chi connectivity index (χ3v) is 4.14. The number of hydrogen-bond acceptors (Lipinski definition) is 2. The van der Waals surface area contributed by atoms with Crippen molar-refractivity contribution in [2.45, 2.75) is 19.8 Å². The topological polar surface area (TPSA) is 57.6 Å². The number of aliphatic carboxylic acids is 1. The molecule has 0 atom stereocenters. The summed E-state index contributed by atoms with van der Waals surface area (Å²) >= 11 is 5.66. The van der Waals surface area contributed by atoms with Crippen molar-refractivity contribution in [1.29, 1.82) is 0 Å². The lowest BCUT2D eigenvalue weighted by molar-refractivity contribution is -0.150. The minimum atomic E-state index is -0.862. The Balaban J connectivity index is 2.13. The number of piperidine rings is 1. The second-order valence-electron chi connectivity index (χ2n) is 5.26. The van der Waals surface area contributed by atoms with Crippen LogP contribution >= 0.6 is 11.6 Å². The van der Waals surface area contributed by atoms with Gasteiger partial charge in [0.1, 0.15) is 0 Å². The van der Waals surface area contributed by atoms with Crippen molar-refractivity contribution in [3.8, 4) is 0 Å². The summed E-state index contributed by atoms with van der Waals surface area (Å²) in [6, 6.07) is 4.28.